The number of hydrogen-bond donors (Lipinski definition) is 0. The highest BCUT2D eigenvalue weighted by atomic mass is 16.7. The summed E-state index contributed by atoms with van der Waals surface area (Å²) < 4.78 is 32.5. The van der Waals surface area contributed by atoms with Crippen molar-refractivity contribution in [2.24, 2.45) is 0 Å². The van der Waals surface area contributed by atoms with Crippen molar-refractivity contribution in [3.63, 3.8) is 0 Å². The van der Waals surface area contributed by atoms with Crippen molar-refractivity contribution >= 4 is 23.9 Å². The summed E-state index contributed by atoms with van der Waals surface area (Å²) >= 11 is 0. The quantitative estimate of drug-likeness (QED) is 0.465. The van der Waals surface area contributed by atoms with Crippen molar-refractivity contribution in [1.29, 1.82) is 0 Å². The van der Waals surface area contributed by atoms with Gasteiger partial charge in [-0.2, -0.15) is 0 Å². The zero-order valence-electron chi connectivity index (χ0n) is 17.2. The minimum absolute atomic E-state index is 0.290. The third-order valence-electron chi connectivity index (χ3n) is 3.42. The van der Waals surface area contributed by atoms with Crippen molar-refractivity contribution in [3.8, 4) is 0 Å². The topological polar surface area (TPSA) is 124 Å². The first-order valence-corrected chi connectivity index (χ1v) is 8.78. The smallest absolute Gasteiger partial charge is 0.303 e. The van der Waals surface area contributed by atoms with Gasteiger partial charge < -0.3 is 28.4 Å². The average molecular weight is 404 g/mol. The average Bonchev–Trinajstić information content (AvgIpc) is 2.48. The van der Waals surface area contributed by atoms with Crippen LogP contribution < -0.4 is 0 Å². The Morgan fingerprint density at radius 2 is 1.21 bits per heavy atom. The molecule has 0 bridgehead atoms. The lowest BCUT2D eigenvalue weighted by Crippen LogP contribution is -2.63. The summed E-state index contributed by atoms with van der Waals surface area (Å²) in [5.41, 5.74) is -0.718. The predicted molar refractivity (Wildman–Crippen MR) is 92.8 cm³/mol. The largest absolute Gasteiger partial charge is 0.463 e. The number of carbonyl (C=O) groups excluding carboxylic acids is 4. The van der Waals surface area contributed by atoms with Crippen LogP contribution in [-0.4, -0.2) is 66.8 Å². The van der Waals surface area contributed by atoms with Gasteiger partial charge in [0.25, 0.3) is 0 Å². The predicted octanol–water partition coefficient (Wildman–Crippen LogP) is 0.885. The molecule has 160 valence electrons. The molecular weight excluding hydrogens is 376 g/mol. The van der Waals surface area contributed by atoms with Crippen LogP contribution in [0, 0.1) is 0 Å². The number of carbonyl (C=O) groups is 4. The molecule has 1 aliphatic heterocycles. The summed E-state index contributed by atoms with van der Waals surface area (Å²) in [6.07, 6.45) is -5.81. The van der Waals surface area contributed by atoms with Crippen LogP contribution in [-0.2, 0) is 47.6 Å². The third-order valence-corrected chi connectivity index (χ3v) is 3.42. The zero-order valence-corrected chi connectivity index (χ0v) is 17.2. The number of hydrogen-bond acceptors (Lipinski definition) is 10. The fourth-order valence-corrected chi connectivity index (χ4v) is 2.63. The van der Waals surface area contributed by atoms with Gasteiger partial charge in [0, 0.05) is 27.7 Å². The Kier molecular flexibility index (Phi) is 8.37. The number of ether oxygens (including phenoxy) is 6. The minimum Gasteiger partial charge on any atom is -0.463 e. The molecule has 0 aromatic carbocycles. The summed E-state index contributed by atoms with van der Waals surface area (Å²) in [5, 5.41) is 0. The molecule has 1 rings (SSSR count). The minimum atomic E-state index is -1.23. The van der Waals surface area contributed by atoms with Gasteiger partial charge in [0.15, 0.2) is 24.6 Å². The van der Waals surface area contributed by atoms with Crippen LogP contribution in [0.4, 0.5) is 0 Å². The van der Waals surface area contributed by atoms with E-state index in [1.165, 1.54) is 13.8 Å². The standard InChI is InChI=1S/C18H28O10/c1-9(19)23-8-13-14(24-10(2)20)15(25-11(3)21)16(26-12(4)22)17(27-13)28-18(5,6)7/h13-17H,8H2,1-7H3/t13-,14+,15-,16-,17-/m0/s1. The zero-order chi connectivity index (χ0) is 21.6. The molecule has 0 amide bonds. The summed E-state index contributed by atoms with van der Waals surface area (Å²) in [7, 11) is 0. The molecule has 5 atom stereocenters. The van der Waals surface area contributed by atoms with Crippen LogP contribution in [0.5, 0.6) is 0 Å². The molecular formula is C18H28O10. The van der Waals surface area contributed by atoms with E-state index in [0.29, 0.717) is 0 Å². The maximum absolute atomic E-state index is 11.7. The van der Waals surface area contributed by atoms with Crippen molar-refractivity contribution in [1.82, 2.24) is 0 Å². The normalized spacial score (nSPS) is 27.5. The molecule has 0 aromatic rings. The van der Waals surface area contributed by atoms with E-state index in [0.717, 1.165) is 13.8 Å². The van der Waals surface area contributed by atoms with E-state index in [9.17, 15) is 19.2 Å². The van der Waals surface area contributed by atoms with Gasteiger partial charge in [0.1, 0.15) is 12.7 Å². The fraction of sp³-hybridized carbons (Fsp3) is 0.778. The van der Waals surface area contributed by atoms with Gasteiger partial charge in [0.05, 0.1) is 5.60 Å². The molecule has 0 N–H and O–H groups in total. The van der Waals surface area contributed by atoms with Crippen LogP contribution in [0.3, 0.4) is 0 Å². The molecule has 1 heterocycles. The Labute approximate surface area is 163 Å². The monoisotopic (exact) mass is 404 g/mol. The second-order valence-electron chi connectivity index (χ2n) is 7.30. The summed E-state index contributed by atoms with van der Waals surface area (Å²) in [5.74, 6) is -2.63. The first kappa shape index (κ1) is 23.8. The maximum atomic E-state index is 11.7. The van der Waals surface area contributed by atoms with E-state index >= 15 is 0 Å². The van der Waals surface area contributed by atoms with Gasteiger partial charge in [-0.1, -0.05) is 0 Å². The lowest BCUT2D eigenvalue weighted by Gasteiger charge is -2.45. The van der Waals surface area contributed by atoms with E-state index < -0.39 is 60.2 Å². The number of esters is 4. The highest BCUT2D eigenvalue weighted by molar-refractivity contribution is 5.68. The van der Waals surface area contributed by atoms with Gasteiger partial charge in [-0.15, -0.1) is 0 Å². The summed E-state index contributed by atoms with van der Waals surface area (Å²) in [6.45, 7) is 9.66. The molecule has 28 heavy (non-hydrogen) atoms. The Balaban J connectivity index is 3.33. The third kappa shape index (κ3) is 7.81. The molecule has 10 nitrogen and oxygen atoms in total. The first-order valence-electron chi connectivity index (χ1n) is 8.78. The van der Waals surface area contributed by atoms with E-state index in [1.807, 2.05) is 0 Å². The van der Waals surface area contributed by atoms with Crippen molar-refractivity contribution in [2.75, 3.05) is 6.61 Å². The van der Waals surface area contributed by atoms with E-state index in [1.54, 1.807) is 20.8 Å². The molecule has 0 aliphatic carbocycles. The van der Waals surface area contributed by atoms with Gasteiger partial charge in [0.2, 0.25) is 0 Å². The molecule has 0 saturated carbocycles. The molecule has 0 radical (unpaired) electrons. The van der Waals surface area contributed by atoms with Gasteiger partial charge in [-0.25, -0.2) is 0 Å². The summed E-state index contributed by atoms with van der Waals surface area (Å²) in [4.78, 5) is 46.1. The number of rotatable bonds is 6. The second-order valence-corrected chi connectivity index (χ2v) is 7.30. The molecule has 10 heteroatoms. The molecule has 1 aliphatic rings. The summed E-state index contributed by atoms with van der Waals surface area (Å²) in [6, 6.07) is 0. The Bertz CT molecular complexity index is 594. The molecule has 1 fully saturated rings. The van der Waals surface area contributed by atoms with Gasteiger partial charge in [-0.05, 0) is 20.8 Å². The SMILES string of the molecule is CC(=O)OC[C@@H]1O[C@@H](OC(C)(C)C)[C@@H](OC(C)=O)[C@@H](OC(C)=O)[C@@H]1OC(C)=O. The Morgan fingerprint density at radius 1 is 0.750 bits per heavy atom. The van der Waals surface area contributed by atoms with E-state index in [2.05, 4.69) is 0 Å². The Hall–Kier alpha value is -2.20. The molecule has 1 saturated heterocycles. The van der Waals surface area contributed by atoms with Crippen molar-refractivity contribution in [3.05, 3.63) is 0 Å². The fourth-order valence-electron chi connectivity index (χ4n) is 2.63. The van der Waals surface area contributed by atoms with Crippen LogP contribution in [0.15, 0.2) is 0 Å². The second kappa shape index (κ2) is 9.83. The van der Waals surface area contributed by atoms with Crippen LogP contribution in [0.25, 0.3) is 0 Å². The Morgan fingerprint density at radius 3 is 1.64 bits per heavy atom. The molecule has 0 unspecified atom stereocenters. The van der Waals surface area contributed by atoms with Crippen molar-refractivity contribution < 1.29 is 47.6 Å². The van der Waals surface area contributed by atoms with Crippen LogP contribution >= 0.6 is 0 Å². The van der Waals surface area contributed by atoms with Crippen LogP contribution in [0.1, 0.15) is 48.5 Å². The van der Waals surface area contributed by atoms with Crippen molar-refractivity contribution in [2.45, 2.75) is 84.8 Å². The lowest BCUT2D eigenvalue weighted by atomic mass is 9.97. The molecule has 0 aromatic heterocycles. The first-order chi connectivity index (χ1) is 12.8. The van der Waals surface area contributed by atoms with E-state index in [-0.39, 0.29) is 6.61 Å². The van der Waals surface area contributed by atoms with Crippen LogP contribution in [0.2, 0.25) is 0 Å². The van der Waals surface area contributed by atoms with Gasteiger partial charge >= 0.3 is 23.9 Å². The lowest BCUT2D eigenvalue weighted by molar-refractivity contribution is -0.325. The highest BCUT2D eigenvalue weighted by Gasteiger charge is 2.53. The highest BCUT2D eigenvalue weighted by Crippen LogP contribution is 2.31. The molecule has 0 spiro atoms. The maximum Gasteiger partial charge on any atom is 0.303 e. The van der Waals surface area contributed by atoms with E-state index in [4.69, 9.17) is 28.4 Å². The van der Waals surface area contributed by atoms with Gasteiger partial charge in [-0.3, -0.25) is 19.2 Å².